The van der Waals surface area contributed by atoms with E-state index in [1.807, 2.05) is 39.0 Å². The molecule has 2 atom stereocenters. The summed E-state index contributed by atoms with van der Waals surface area (Å²) in [5.74, 6) is 1.18. The predicted molar refractivity (Wildman–Crippen MR) is 68.1 cm³/mol. The van der Waals surface area contributed by atoms with E-state index in [0.29, 0.717) is 13.2 Å². The number of ether oxygens (including phenoxy) is 1. The van der Waals surface area contributed by atoms with E-state index in [9.17, 15) is 5.11 Å². The molecule has 3 heteroatoms. The molecule has 0 saturated heterocycles. The summed E-state index contributed by atoms with van der Waals surface area (Å²) < 4.78 is 5.59. The monoisotopic (exact) mass is 235 g/mol. The third-order valence-corrected chi connectivity index (χ3v) is 3.65. The fourth-order valence-corrected chi connectivity index (χ4v) is 1.87. The summed E-state index contributed by atoms with van der Waals surface area (Å²) in [5.41, 5.74) is 0.504. The minimum Gasteiger partial charge on any atom is -0.491 e. The van der Waals surface area contributed by atoms with Crippen LogP contribution < -0.4 is 10.1 Å². The molecule has 2 unspecified atom stereocenters. The standard InChI is InChI=1S/C14H21NO2/c1-10(2)14(3,16)9-15-12-8-17-13-7-5-4-6-11(12)13/h4-7,10,12,15-16H,8-9H2,1-3H3. The highest BCUT2D eigenvalue weighted by molar-refractivity contribution is 5.39. The van der Waals surface area contributed by atoms with Crippen LogP contribution in [0.3, 0.4) is 0 Å². The Bertz CT molecular complexity index is 388. The van der Waals surface area contributed by atoms with Crippen LogP contribution in [0.4, 0.5) is 0 Å². The van der Waals surface area contributed by atoms with Crippen molar-refractivity contribution < 1.29 is 9.84 Å². The van der Waals surface area contributed by atoms with Crippen molar-refractivity contribution in [3.05, 3.63) is 29.8 Å². The van der Waals surface area contributed by atoms with Crippen LogP contribution in [0.2, 0.25) is 0 Å². The number of para-hydroxylation sites is 1. The van der Waals surface area contributed by atoms with Crippen molar-refractivity contribution in [3.63, 3.8) is 0 Å². The lowest BCUT2D eigenvalue weighted by molar-refractivity contribution is 0.0112. The molecule has 17 heavy (non-hydrogen) atoms. The summed E-state index contributed by atoms with van der Waals surface area (Å²) in [6.45, 7) is 7.15. The lowest BCUT2D eigenvalue weighted by atomic mass is 9.92. The van der Waals surface area contributed by atoms with Crippen LogP contribution in [0, 0.1) is 5.92 Å². The van der Waals surface area contributed by atoms with Gasteiger partial charge in [-0.25, -0.2) is 0 Å². The van der Waals surface area contributed by atoms with Crippen LogP contribution >= 0.6 is 0 Å². The topological polar surface area (TPSA) is 41.5 Å². The Balaban J connectivity index is 1.99. The molecule has 3 nitrogen and oxygen atoms in total. The highest BCUT2D eigenvalue weighted by Gasteiger charge is 2.29. The number of hydrogen-bond acceptors (Lipinski definition) is 3. The van der Waals surface area contributed by atoms with E-state index in [4.69, 9.17) is 4.74 Å². The van der Waals surface area contributed by atoms with E-state index in [1.54, 1.807) is 0 Å². The summed E-state index contributed by atoms with van der Waals surface area (Å²) in [6, 6.07) is 8.24. The fraction of sp³-hybridized carbons (Fsp3) is 0.571. The molecule has 1 aromatic carbocycles. The van der Waals surface area contributed by atoms with Crippen molar-refractivity contribution >= 4 is 0 Å². The van der Waals surface area contributed by atoms with Gasteiger partial charge in [0.2, 0.25) is 0 Å². The molecule has 1 aliphatic heterocycles. The van der Waals surface area contributed by atoms with Crippen LogP contribution in [-0.4, -0.2) is 23.9 Å². The first kappa shape index (κ1) is 12.4. The van der Waals surface area contributed by atoms with Gasteiger partial charge in [0.25, 0.3) is 0 Å². The van der Waals surface area contributed by atoms with Gasteiger partial charge in [-0.1, -0.05) is 32.0 Å². The smallest absolute Gasteiger partial charge is 0.124 e. The Morgan fingerprint density at radius 3 is 2.88 bits per heavy atom. The quantitative estimate of drug-likeness (QED) is 0.840. The third kappa shape index (κ3) is 2.61. The van der Waals surface area contributed by atoms with E-state index >= 15 is 0 Å². The molecular formula is C14H21NO2. The summed E-state index contributed by atoms with van der Waals surface area (Å²) in [4.78, 5) is 0. The molecule has 1 heterocycles. The maximum atomic E-state index is 10.2. The molecule has 0 spiro atoms. The number of benzene rings is 1. The Morgan fingerprint density at radius 1 is 1.47 bits per heavy atom. The van der Waals surface area contributed by atoms with Gasteiger partial charge in [0, 0.05) is 12.1 Å². The van der Waals surface area contributed by atoms with Crippen molar-refractivity contribution in [1.29, 1.82) is 0 Å². The van der Waals surface area contributed by atoms with E-state index in [1.165, 1.54) is 5.56 Å². The van der Waals surface area contributed by atoms with Gasteiger partial charge in [0.05, 0.1) is 11.6 Å². The second-order valence-electron chi connectivity index (χ2n) is 5.29. The molecule has 0 amide bonds. The number of fused-ring (bicyclic) bond motifs is 1. The van der Waals surface area contributed by atoms with E-state index in [0.717, 1.165) is 5.75 Å². The van der Waals surface area contributed by atoms with Crippen LogP contribution in [0.15, 0.2) is 24.3 Å². The molecule has 0 bridgehead atoms. The molecule has 0 radical (unpaired) electrons. The summed E-state index contributed by atoms with van der Waals surface area (Å²) in [5, 5.41) is 13.6. The first-order chi connectivity index (χ1) is 8.00. The normalized spacial score (nSPS) is 22.1. The number of rotatable bonds is 4. The highest BCUT2D eigenvalue weighted by atomic mass is 16.5. The Kier molecular flexibility index (Phi) is 3.40. The van der Waals surface area contributed by atoms with Gasteiger partial charge in [0.15, 0.2) is 0 Å². The second-order valence-corrected chi connectivity index (χ2v) is 5.29. The van der Waals surface area contributed by atoms with Crippen molar-refractivity contribution in [2.24, 2.45) is 5.92 Å². The molecule has 0 fully saturated rings. The van der Waals surface area contributed by atoms with Crippen molar-refractivity contribution in [1.82, 2.24) is 5.32 Å². The van der Waals surface area contributed by atoms with Gasteiger partial charge in [0.1, 0.15) is 12.4 Å². The van der Waals surface area contributed by atoms with Crippen molar-refractivity contribution in [3.8, 4) is 5.75 Å². The minimum absolute atomic E-state index is 0.191. The number of hydrogen-bond donors (Lipinski definition) is 2. The van der Waals surface area contributed by atoms with Gasteiger partial charge < -0.3 is 15.2 Å². The zero-order chi connectivity index (χ0) is 12.5. The first-order valence-electron chi connectivity index (χ1n) is 6.18. The highest BCUT2D eigenvalue weighted by Crippen LogP contribution is 2.32. The Morgan fingerprint density at radius 2 is 2.18 bits per heavy atom. The molecule has 0 aromatic heterocycles. The van der Waals surface area contributed by atoms with Crippen LogP contribution in [-0.2, 0) is 0 Å². The van der Waals surface area contributed by atoms with Crippen LogP contribution in [0.5, 0.6) is 5.75 Å². The van der Waals surface area contributed by atoms with Crippen molar-refractivity contribution in [2.75, 3.05) is 13.2 Å². The average molecular weight is 235 g/mol. The Labute approximate surface area is 103 Å². The molecule has 2 N–H and O–H groups in total. The maximum Gasteiger partial charge on any atom is 0.124 e. The first-order valence-corrected chi connectivity index (χ1v) is 6.18. The van der Waals surface area contributed by atoms with Crippen LogP contribution in [0.1, 0.15) is 32.4 Å². The summed E-state index contributed by atoms with van der Waals surface area (Å²) in [7, 11) is 0. The number of nitrogens with one attached hydrogen (secondary N) is 1. The third-order valence-electron chi connectivity index (χ3n) is 3.65. The zero-order valence-electron chi connectivity index (χ0n) is 10.7. The van der Waals surface area contributed by atoms with E-state index in [-0.39, 0.29) is 12.0 Å². The summed E-state index contributed by atoms with van der Waals surface area (Å²) in [6.07, 6.45) is 0. The number of aliphatic hydroxyl groups is 1. The fourth-order valence-electron chi connectivity index (χ4n) is 1.87. The largest absolute Gasteiger partial charge is 0.491 e. The van der Waals surface area contributed by atoms with E-state index < -0.39 is 5.60 Å². The van der Waals surface area contributed by atoms with Gasteiger partial charge in [-0.2, -0.15) is 0 Å². The molecule has 94 valence electrons. The molecule has 0 saturated carbocycles. The SMILES string of the molecule is CC(C)C(C)(O)CNC1COc2ccccc21. The molecule has 1 aliphatic rings. The lowest BCUT2D eigenvalue weighted by Crippen LogP contribution is -2.43. The Hall–Kier alpha value is -1.06. The molecule has 1 aromatic rings. The molecular weight excluding hydrogens is 214 g/mol. The van der Waals surface area contributed by atoms with Gasteiger partial charge in [-0.15, -0.1) is 0 Å². The van der Waals surface area contributed by atoms with Crippen LogP contribution in [0.25, 0.3) is 0 Å². The minimum atomic E-state index is -0.683. The summed E-state index contributed by atoms with van der Waals surface area (Å²) >= 11 is 0. The zero-order valence-corrected chi connectivity index (χ0v) is 10.7. The second kappa shape index (κ2) is 4.67. The average Bonchev–Trinajstić information content (AvgIpc) is 2.69. The lowest BCUT2D eigenvalue weighted by Gasteiger charge is -2.29. The van der Waals surface area contributed by atoms with E-state index in [2.05, 4.69) is 11.4 Å². The van der Waals surface area contributed by atoms with Crippen molar-refractivity contribution in [2.45, 2.75) is 32.4 Å². The van der Waals surface area contributed by atoms with Gasteiger partial charge in [-0.3, -0.25) is 0 Å². The van der Waals surface area contributed by atoms with Gasteiger partial charge >= 0.3 is 0 Å². The predicted octanol–water partition coefficient (Wildman–Crippen LogP) is 2.12. The maximum absolute atomic E-state index is 10.2. The molecule has 0 aliphatic carbocycles. The van der Waals surface area contributed by atoms with Gasteiger partial charge in [-0.05, 0) is 18.9 Å². The molecule has 2 rings (SSSR count).